The molecule has 0 aliphatic heterocycles. The van der Waals surface area contributed by atoms with Crippen LogP contribution >= 0.6 is 0 Å². The van der Waals surface area contributed by atoms with Gasteiger partial charge < -0.3 is 0 Å². The molecule has 0 amide bonds. The summed E-state index contributed by atoms with van der Waals surface area (Å²) in [5, 5.41) is 0. The summed E-state index contributed by atoms with van der Waals surface area (Å²) in [6.07, 6.45) is 8.32. The van der Waals surface area contributed by atoms with Gasteiger partial charge in [0.05, 0.1) is 0 Å². The standard InChI is InChI=1S/C14H18/c1-5-6-7-8-14-10-9-11(2)12(3)13(14)4/h1,9-10H,6-8H2,2-4H3. The number of benzene rings is 1. The second-order valence-electron chi connectivity index (χ2n) is 3.85. The first-order chi connectivity index (χ1) is 6.66. The van der Waals surface area contributed by atoms with Gasteiger partial charge in [0.15, 0.2) is 0 Å². The fraction of sp³-hybridized carbons (Fsp3) is 0.429. The molecule has 1 aromatic rings. The van der Waals surface area contributed by atoms with Gasteiger partial charge in [0.1, 0.15) is 0 Å². The van der Waals surface area contributed by atoms with Crippen molar-refractivity contribution in [2.24, 2.45) is 0 Å². The molecule has 1 rings (SSSR count). The normalized spacial score (nSPS) is 9.86. The van der Waals surface area contributed by atoms with Gasteiger partial charge in [-0.2, -0.15) is 0 Å². The lowest BCUT2D eigenvalue weighted by Crippen LogP contribution is -1.94. The Balaban J connectivity index is 2.79. The Kier molecular flexibility index (Phi) is 3.77. The molecule has 0 bridgehead atoms. The van der Waals surface area contributed by atoms with E-state index in [-0.39, 0.29) is 0 Å². The van der Waals surface area contributed by atoms with Crippen molar-refractivity contribution < 1.29 is 0 Å². The Morgan fingerprint density at radius 2 is 1.86 bits per heavy atom. The summed E-state index contributed by atoms with van der Waals surface area (Å²) in [6.45, 7) is 6.55. The van der Waals surface area contributed by atoms with Crippen LogP contribution in [0.5, 0.6) is 0 Å². The van der Waals surface area contributed by atoms with Crippen LogP contribution in [0, 0.1) is 33.1 Å². The lowest BCUT2D eigenvalue weighted by atomic mass is 9.96. The van der Waals surface area contributed by atoms with Crippen LogP contribution in [0.2, 0.25) is 0 Å². The second-order valence-corrected chi connectivity index (χ2v) is 3.85. The van der Waals surface area contributed by atoms with Gasteiger partial charge >= 0.3 is 0 Å². The Bertz CT molecular complexity index is 353. The van der Waals surface area contributed by atoms with E-state index in [0.29, 0.717) is 0 Å². The average Bonchev–Trinajstić information content (AvgIpc) is 2.18. The molecule has 14 heavy (non-hydrogen) atoms. The van der Waals surface area contributed by atoms with Gasteiger partial charge in [0, 0.05) is 6.42 Å². The Morgan fingerprint density at radius 1 is 1.14 bits per heavy atom. The molecule has 0 aliphatic carbocycles. The van der Waals surface area contributed by atoms with Crippen molar-refractivity contribution in [3.8, 4) is 12.3 Å². The molecular weight excluding hydrogens is 168 g/mol. The van der Waals surface area contributed by atoms with Crippen molar-refractivity contribution in [3.05, 3.63) is 34.4 Å². The van der Waals surface area contributed by atoms with Crippen LogP contribution in [0.3, 0.4) is 0 Å². The Hall–Kier alpha value is -1.22. The highest BCUT2D eigenvalue weighted by atomic mass is 14.1. The van der Waals surface area contributed by atoms with Crippen molar-refractivity contribution in [2.45, 2.75) is 40.0 Å². The van der Waals surface area contributed by atoms with Crippen molar-refractivity contribution in [2.75, 3.05) is 0 Å². The first-order valence-corrected chi connectivity index (χ1v) is 5.16. The first kappa shape index (κ1) is 10.9. The van der Waals surface area contributed by atoms with Crippen molar-refractivity contribution in [3.63, 3.8) is 0 Å². The van der Waals surface area contributed by atoms with E-state index in [1.807, 2.05) is 0 Å². The number of terminal acetylenes is 1. The zero-order chi connectivity index (χ0) is 10.6. The van der Waals surface area contributed by atoms with E-state index in [2.05, 4.69) is 38.8 Å². The molecular formula is C14H18. The summed E-state index contributed by atoms with van der Waals surface area (Å²) in [6, 6.07) is 4.43. The maximum absolute atomic E-state index is 5.23. The molecule has 0 saturated carbocycles. The van der Waals surface area contributed by atoms with E-state index in [0.717, 1.165) is 19.3 Å². The van der Waals surface area contributed by atoms with Gasteiger partial charge in [-0.3, -0.25) is 0 Å². The molecule has 0 radical (unpaired) electrons. The fourth-order valence-electron chi connectivity index (χ4n) is 1.66. The SMILES string of the molecule is C#CCCCc1ccc(C)c(C)c1C. The Labute approximate surface area is 87.4 Å². The van der Waals surface area contributed by atoms with E-state index < -0.39 is 0 Å². The predicted molar refractivity (Wildman–Crippen MR) is 62.4 cm³/mol. The maximum Gasteiger partial charge on any atom is 0.00892 e. The highest BCUT2D eigenvalue weighted by Crippen LogP contribution is 2.18. The molecule has 0 spiro atoms. The van der Waals surface area contributed by atoms with Crippen LogP contribution in [0.25, 0.3) is 0 Å². The second kappa shape index (κ2) is 4.86. The van der Waals surface area contributed by atoms with Crippen LogP contribution in [-0.2, 0) is 6.42 Å². The number of unbranched alkanes of at least 4 members (excludes halogenated alkanes) is 1. The summed E-state index contributed by atoms with van der Waals surface area (Å²) in [5.41, 5.74) is 5.68. The summed E-state index contributed by atoms with van der Waals surface area (Å²) < 4.78 is 0. The fourth-order valence-corrected chi connectivity index (χ4v) is 1.66. The van der Waals surface area contributed by atoms with Crippen LogP contribution in [0.4, 0.5) is 0 Å². The van der Waals surface area contributed by atoms with E-state index in [1.165, 1.54) is 22.3 Å². The predicted octanol–water partition coefficient (Wildman–Crippen LogP) is 3.57. The van der Waals surface area contributed by atoms with Crippen LogP contribution in [-0.4, -0.2) is 0 Å². The molecule has 0 fully saturated rings. The summed E-state index contributed by atoms with van der Waals surface area (Å²) in [5.74, 6) is 2.68. The molecule has 0 saturated heterocycles. The first-order valence-electron chi connectivity index (χ1n) is 5.16. The molecule has 0 heteroatoms. The molecule has 0 heterocycles. The van der Waals surface area contributed by atoms with Gasteiger partial charge in [0.25, 0.3) is 0 Å². The van der Waals surface area contributed by atoms with Gasteiger partial charge in [0.2, 0.25) is 0 Å². The van der Waals surface area contributed by atoms with E-state index in [9.17, 15) is 0 Å². The van der Waals surface area contributed by atoms with Gasteiger partial charge in [-0.05, 0) is 55.9 Å². The number of aryl methyl sites for hydroxylation is 2. The maximum atomic E-state index is 5.23. The lowest BCUT2D eigenvalue weighted by molar-refractivity contribution is 0.849. The monoisotopic (exact) mass is 186 g/mol. The lowest BCUT2D eigenvalue weighted by Gasteiger charge is -2.10. The van der Waals surface area contributed by atoms with Crippen molar-refractivity contribution >= 4 is 0 Å². The van der Waals surface area contributed by atoms with E-state index in [4.69, 9.17) is 6.42 Å². The zero-order valence-corrected chi connectivity index (χ0v) is 9.35. The summed E-state index contributed by atoms with van der Waals surface area (Å²) in [7, 11) is 0. The minimum atomic E-state index is 0.881. The highest BCUT2D eigenvalue weighted by molar-refractivity contribution is 5.38. The summed E-state index contributed by atoms with van der Waals surface area (Å²) in [4.78, 5) is 0. The number of hydrogen-bond acceptors (Lipinski definition) is 0. The minimum Gasteiger partial charge on any atom is -0.120 e. The topological polar surface area (TPSA) is 0 Å². The van der Waals surface area contributed by atoms with Gasteiger partial charge in [-0.1, -0.05) is 12.1 Å². The van der Waals surface area contributed by atoms with E-state index >= 15 is 0 Å². The molecule has 0 aromatic heterocycles. The molecule has 1 aromatic carbocycles. The molecule has 74 valence electrons. The molecule has 0 unspecified atom stereocenters. The average molecular weight is 186 g/mol. The quantitative estimate of drug-likeness (QED) is 0.500. The minimum absolute atomic E-state index is 0.881. The molecule has 0 aliphatic rings. The van der Waals surface area contributed by atoms with Crippen LogP contribution in [0.15, 0.2) is 12.1 Å². The smallest absolute Gasteiger partial charge is 0.00892 e. The molecule has 0 N–H and O–H groups in total. The van der Waals surface area contributed by atoms with Gasteiger partial charge in [-0.25, -0.2) is 0 Å². The van der Waals surface area contributed by atoms with E-state index in [1.54, 1.807) is 0 Å². The zero-order valence-electron chi connectivity index (χ0n) is 9.35. The largest absolute Gasteiger partial charge is 0.120 e. The molecule has 0 atom stereocenters. The molecule has 0 nitrogen and oxygen atoms in total. The third-order valence-electron chi connectivity index (χ3n) is 2.94. The van der Waals surface area contributed by atoms with Crippen LogP contribution in [0.1, 0.15) is 35.1 Å². The summed E-state index contributed by atoms with van der Waals surface area (Å²) >= 11 is 0. The van der Waals surface area contributed by atoms with Gasteiger partial charge in [-0.15, -0.1) is 12.3 Å². The Morgan fingerprint density at radius 3 is 2.50 bits per heavy atom. The number of hydrogen-bond donors (Lipinski definition) is 0. The van der Waals surface area contributed by atoms with Crippen molar-refractivity contribution in [1.82, 2.24) is 0 Å². The number of rotatable bonds is 3. The van der Waals surface area contributed by atoms with Crippen LogP contribution < -0.4 is 0 Å². The van der Waals surface area contributed by atoms with Crippen molar-refractivity contribution in [1.29, 1.82) is 0 Å². The third-order valence-corrected chi connectivity index (χ3v) is 2.94. The third kappa shape index (κ3) is 2.39. The highest BCUT2D eigenvalue weighted by Gasteiger charge is 2.02.